The lowest BCUT2D eigenvalue weighted by molar-refractivity contribution is 0.141. The molecule has 0 saturated carbocycles. The zero-order chi connectivity index (χ0) is 12.8. The Kier molecular flexibility index (Phi) is 5.25. The van der Waals surface area contributed by atoms with E-state index in [1.165, 1.54) is 0 Å². The molecule has 2 N–H and O–H groups in total. The Morgan fingerprint density at radius 3 is 2.53 bits per heavy atom. The number of aliphatic hydroxyl groups excluding tert-OH is 1. The fourth-order valence-corrected chi connectivity index (χ4v) is 1.54. The number of amides is 2. The number of hydrogen-bond donors (Lipinski definition) is 2. The lowest BCUT2D eigenvalue weighted by Gasteiger charge is -2.22. The van der Waals surface area contributed by atoms with Gasteiger partial charge >= 0.3 is 6.03 Å². The van der Waals surface area contributed by atoms with Crippen LogP contribution in [-0.4, -0.2) is 35.2 Å². The minimum absolute atomic E-state index is 0.226. The maximum atomic E-state index is 11.8. The van der Waals surface area contributed by atoms with Crippen LogP contribution in [0.15, 0.2) is 24.3 Å². The van der Waals surface area contributed by atoms with Crippen LogP contribution in [0.1, 0.15) is 13.8 Å². The number of anilines is 1. The molecule has 2 amide bonds. The SMILES string of the molecule is CCN(CC(C)O)C(=O)Nc1ccc(Cl)cc1. The van der Waals surface area contributed by atoms with Crippen molar-refractivity contribution >= 4 is 23.3 Å². The molecule has 0 aliphatic carbocycles. The van der Waals surface area contributed by atoms with Gasteiger partial charge in [-0.3, -0.25) is 0 Å². The van der Waals surface area contributed by atoms with E-state index in [1.54, 1.807) is 36.1 Å². The first-order valence-corrected chi connectivity index (χ1v) is 5.90. The molecule has 5 heteroatoms. The van der Waals surface area contributed by atoms with E-state index in [1.807, 2.05) is 6.92 Å². The summed E-state index contributed by atoms with van der Waals surface area (Å²) in [7, 11) is 0. The van der Waals surface area contributed by atoms with Gasteiger partial charge in [-0.1, -0.05) is 11.6 Å². The van der Waals surface area contributed by atoms with Crippen LogP contribution in [0.2, 0.25) is 5.02 Å². The quantitative estimate of drug-likeness (QED) is 0.870. The summed E-state index contributed by atoms with van der Waals surface area (Å²) in [5.41, 5.74) is 0.684. The van der Waals surface area contributed by atoms with E-state index >= 15 is 0 Å². The van der Waals surface area contributed by atoms with Gasteiger partial charge in [-0.15, -0.1) is 0 Å². The molecule has 17 heavy (non-hydrogen) atoms. The molecule has 0 spiro atoms. The summed E-state index contributed by atoms with van der Waals surface area (Å²) in [4.78, 5) is 13.4. The van der Waals surface area contributed by atoms with E-state index < -0.39 is 6.10 Å². The monoisotopic (exact) mass is 256 g/mol. The van der Waals surface area contributed by atoms with Crippen LogP contribution >= 0.6 is 11.6 Å². The van der Waals surface area contributed by atoms with Crippen molar-refractivity contribution in [3.8, 4) is 0 Å². The molecule has 0 aromatic heterocycles. The molecular weight excluding hydrogens is 240 g/mol. The van der Waals surface area contributed by atoms with Crippen LogP contribution in [0.4, 0.5) is 10.5 Å². The number of nitrogens with zero attached hydrogens (tertiary/aromatic N) is 1. The number of carbonyl (C=O) groups is 1. The molecule has 0 bridgehead atoms. The van der Waals surface area contributed by atoms with Crippen LogP contribution in [0.5, 0.6) is 0 Å². The van der Waals surface area contributed by atoms with E-state index in [4.69, 9.17) is 11.6 Å². The molecule has 94 valence electrons. The van der Waals surface area contributed by atoms with Crippen molar-refractivity contribution < 1.29 is 9.90 Å². The van der Waals surface area contributed by atoms with Gasteiger partial charge in [0.1, 0.15) is 0 Å². The second-order valence-electron chi connectivity index (χ2n) is 3.82. The van der Waals surface area contributed by atoms with Crippen LogP contribution in [0, 0.1) is 0 Å². The normalized spacial score (nSPS) is 12.0. The Hall–Kier alpha value is -1.26. The largest absolute Gasteiger partial charge is 0.392 e. The molecule has 0 heterocycles. The molecule has 1 atom stereocenters. The molecule has 1 rings (SSSR count). The number of nitrogens with one attached hydrogen (secondary N) is 1. The van der Waals surface area contributed by atoms with Crippen LogP contribution in [0.25, 0.3) is 0 Å². The fourth-order valence-electron chi connectivity index (χ4n) is 1.41. The van der Waals surface area contributed by atoms with Crippen molar-refractivity contribution in [1.82, 2.24) is 4.90 Å². The van der Waals surface area contributed by atoms with Crippen LogP contribution < -0.4 is 5.32 Å². The van der Waals surface area contributed by atoms with Gasteiger partial charge in [0.05, 0.1) is 6.10 Å². The molecule has 0 radical (unpaired) electrons. The zero-order valence-corrected chi connectivity index (χ0v) is 10.7. The summed E-state index contributed by atoms with van der Waals surface area (Å²) in [6.07, 6.45) is -0.536. The van der Waals surface area contributed by atoms with Crippen LogP contribution in [0.3, 0.4) is 0 Å². The first kappa shape index (κ1) is 13.8. The highest BCUT2D eigenvalue weighted by Gasteiger charge is 2.13. The number of halogens is 1. The average Bonchev–Trinajstić information content (AvgIpc) is 2.28. The minimum Gasteiger partial charge on any atom is -0.392 e. The van der Waals surface area contributed by atoms with Gasteiger partial charge in [-0.25, -0.2) is 4.79 Å². The van der Waals surface area contributed by atoms with Gasteiger partial charge in [0.25, 0.3) is 0 Å². The van der Waals surface area contributed by atoms with Crippen molar-refractivity contribution in [2.75, 3.05) is 18.4 Å². The van der Waals surface area contributed by atoms with E-state index in [0.29, 0.717) is 23.8 Å². The highest BCUT2D eigenvalue weighted by Crippen LogP contribution is 2.13. The highest BCUT2D eigenvalue weighted by atomic mass is 35.5. The number of aliphatic hydroxyl groups is 1. The smallest absolute Gasteiger partial charge is 0.321 e. The van der Waals surface area contributed by atoms with Gasteiger partial charge in [0, 0.05) is 23.8 Å². The Labute approximate surface area is 106 Å². The van der Waals surface area contributed by atoms with Gasteiger partial charge < -0.3 is 15.3 Å². The molecule has 1 aromatic rings. The molecule has 0 fully saturated rings. The summed E-state index contributed by atoms with van der Waals surface area (Å²) in [5.74, 6) is 0. The third kappa shape index (κ3) is 4.63. The second kappa shape index (κ2) is 6.47. The predicted octanol–water partition coefficient (Wildman–Crippen LogP) is 2.57. The van der Waals surface area contributed by atoms with E-state index in [2.05, 4.69) is 5.32 Å². The van der Waals surface area contributed by atoms with Crippen LogP contribution in [-0.2, 0) is 0 Å². The summed E-state index contributed by atoms with van der Waals surface area (Å²) in [6.45, 7) is 4.38. The number of carbonyl (C=O) groups excluding carboxylic acids is 1. The standard InChI is InChI=1S/C12H17ClN2O2/c1-3-15(8-9(2)16)12(17)14-11-6-4-10(13)5-7-11/h4-7,9,16H,3,8H2,1-2H3,(H,14,17). The van der Waals surface area contributed by atoms with E-state index in [-0.39, 0.29) is 6.03 Å². The lowest BCUT2D eigenvalue weighted by atomic mass is 10.3. The number of rotatable bonds is 4. The van der Waals surface area contributed by atoms with Crippen molar-refractivity contribution in [2.24, 2.45) is 0 Å². The summed E-state index contributed by atoms with van der Waals surface area (Å²) >= 11 is 5.75. The summed E-state index contributed by atoms with van der Waals surface area (Å²) in [5, 5.41) is 12.6. The number of benzene rings is 1. The van der Waals surface area contributed by atoms with Crippen molar-refractivity contribution in [3.05, 3.63) is 29.3 Å². The molecule has 4 nitrogen and oxygen atoms in total. The number of likely N-dealkylation sites (N-methyl/N-ethyl adjacent to an activating group) is 1. The summed E-state index contributed by atoms with van der Waals surface area (Å²) < 4.78 is 0. The minimum atomic E-state index is -0.536. The van der Waals surface area contributed by atoms with Crippen molar-refractivity contribution in [1.29, 1.82) is 0 Å². The zero-order valence-electron chi connectivity index (χ0n) is 9.98. The van der Waals surface area contributed by atoms with Gasteiger partial charge in [0.2, 0.25) is 0 Å². The lowest BCUT2D eigenvalue weighted by Crippen LogP contribution is -2.39. The van der Waals surface area contributed by atoms with E-state index in [9.17, 15) is 9.90 Å². The first-order valence-electron chi connectivity index (χ1n) is 5.52. The maximum absolute atomic E-state index is 11.8. The topological polar surface area (TPSA) is 52.6 Å². The average molecular weight is 257 g/mol. The molecule has 0 saturated heterocycles. The maximum Gasteiger partial charge on any atom is 0.321 e. The molecular formula is C12H17ClN2O2. The Morgan fingerprint density at radius 1 is 1.47 bits per heavy atom. The molecule has 0 aliphatic heterocycles. The Morgan fingerprint density at radius 2 is 2.06 bits per heavy atom. The summed E-state index contributed by atoms with van der Waals surface area (Å²) in [6, 6.07) is 6.66. The molecule has 1 aromatic carbocycles. The molecule has 0 aliphatic rings. The highest BCUT2D eigenvalue weighted by molar-refractivity contribution is 6.30. The van der Waals surface area contributed by atoms with Gasteiger partial charge in [0.15, 0.2) is 0 Å². The van der Waals surface area contributed by atoms with Gasteiger partial charge in [-0.05, 0) is 38.1 Å². The molecule has 1 unspecified atom stereocenters. The Balaban J connectivity index is 2.60. The third-order valence-electron chi connectivity index (χ3n) is 2.25. The fraction of sp³-hybridized carbons (Fsp3) is 0.417. The van der Waals surface area contributed by atoms with E-state index in [0.717, 1.165) is 0 Å². The van der Waals surface area contributed by atoms with Crippen molar-refractivity contribution in [3.63, 3.8) is 0 Å². The third-order valence-corrected chi connectivity index (χ3v) is 2.50. The second-order valence-corrected chi connectivity index (χ2v) is 4.26. The number of hydrogen-bond acceptors (Lipinski definition) is 2. The number of urea groups is 1. The van der Waals surface area contributed by atoms with Crippen molar-refractivity contribution in [2.45, 2.75) is 20.0 Å². The van der Waals surface area contributed by atoms with Gasteiger partial charge in [-0.2, -0.15) is 0 Å². The predicted molar refractivity (Wildman–Crippen MR) is 69.4 cm³/mol. The first-order chi connectivity index (χ1) is 8.02. The Bertz CT molecular complexity index is 365.